The Kier molecular flexibility index (Phi) is 17.5. The predicted octanol–water partition coefficient (Wildman–Crippen LogP) is -0.0188. The first-order chi connectivity index (χ1) is 9.48. The quantitative estimate of drug-likeness (QED) is 0.526. The van der Waals surface area contributed by atoms with Crippen LogP contribution in [0.2, 0.25) is 0 Å². The third-order valence-corrected chi connectivity index (χ3v) is 6.81. The standard InChI is InChI=1S/C7H19NO2Si.C5H15NO2Si/c1-5-8(6-2)7-11(9-3)10-4;1-6(2)5-9(7-3)8-4/h11H,5-7H2,1-4H3;9H,5H2,1-4H3. The predicted molar refractivity (Wildman–Crippen MR) is 88.7 cm³/mol. The summed E-state index contributed by atoms with van der Waals surface area (Å²) in [6.45, 7) is 6.46. The highest BCUT2D eigenvalue weighted by Gasteiger charge is 2.12. The van der Waals surface area contributed by atoms with Crippen molar-refractivity contribution in [3.8, 4) is 0 Å². The topological polar surface area (TPSA) is 43.4 Å². The largest absolute Gasteiger partial charge is 0.399 e. The van der Waals surface area contributed by atoms with Crippen LogP contribution in [0.4, 0.5) is 0 Å². The lowest BCUT2D eigenvalue weighted by atomic mass is 10.6. The van der Waals surface area contributed by atoms with Crippen molar-refractivity contribution in [2.75, 3.05) is 68.0 Å². The monoisotopic (exact) mass is 326 g/mol. The van der Waals surface area contributed by atoms with Crippen LogP contribution in [0.25, 0.3) is 0 Å². The van der Waals surface area contributed by atoms with Gasteiger partial charge in [0.15, 0.2) is 0 Å². The van der Waals surface area contributed by atoms with Gasteiger partial charge in [-0.15, -0.1) is 0 Å². The zero-order valence-corrected chi connectivity index (χ0v) is 16.8. The second kappa shape index (κ2) is 15.6. The zero-order chi connectivity index (χ0) is 16.0. The van der Waals surface area contributed by atoms with Crippen molar-refractivity contribution in [1.82, 2.24) is 9.80 Å². The molecule has 124 valence electrons. The second-order valence-electron chi connectivity index (χ2n) is 4.55. The lowest BCUT2D eigenvalue weighted by Gasteiger charge is -2.21. The van der Waals surface area contributed by atoms with Crippen molar-refractivity contribution in [3.63, 3.8) is 0 Å². The smallest absolute Gasteiger partial charge is 0.335 e. The molecule has 0 aromatic heterocycles. The Morgan fingerprint density at radius 2 is 1.05 bits per heavy atom. The third kappa shape index (κ3) is 13.2. The van der Waals surface area contributed by atoms with Crippen LogP contribution in [0, 0.1) is 0 Å². The molecule has 0 radical (unpaired) electrons. The van der Waals surface area contributed by atoms with Crippen LogP contribution in [0.1, 0.15) is 13.8 Å². The molecule has 0 spiro atoms. The van der Waals surface area contributed by atoms with Gasteiger partial charge in [-0.1, -0.05) is 13.8 Å². The highest BCUT2D eigenvalue weighted by molar-refractivity contribution is 6.44. The van der Waals surface area contributed by atoms with Gasteiger partial charge >= 0.3 is 18.6 Å². The van der Waals surface area contributed by atoms with Crippen LogP contribution in [0.3, 0.4) is 0 Å². The molecule has 0 saturated heterocycles. The molecule has 0 aromatic carbocycles. The van der Waals surface area contributed by atoms with Gasteiger partial charge < -0.3 is 27.5 Å². The van der Waals surface area contributed by atoms with Gasteiger partial charge in [0.2, 0.25) is 0 Å². The first-order valence-corrected chi connectivity index (χ1v) is 10.5. The van der Waals surface area contributed by atoms with E-state index in [4.69, 9.17) is 17.7 Å². The van der Waals surface area contributed by atoms with Crippen molar-refractivity contribution in [2.45, 2.75) is 13.8 Å². The third-order valence-electron chi connectivity index (χ3n) is 2.87. The maximum atomic E-state index is 5.21. The van der Waals surface area contributed by atoms with Crippen LogP contribution in [-0.2, 0) is 17.7 Å². The minimum Gasteiger partial charge on any atom is -0.399 e. The first kappa shape index (κ1) is 22.5. The number of hydrogen-bond acceptors (Lipinski definition) is 6. The first-order valence-electron chi connectivity index (χ1n) is 6.97. The maximum absolute atomic E-state index is 5.21. The summed E-state index contributed by atoms with van der Waals surface area (Å²) in [5, 5.41) is 0. The molecule has 0 fully saturated rings. The van der Waals surface area contributed by atoms with E-state index in [1.54, 1.807) is 28.4 Å². The Bertz CT molecular complexity index is 180. The minimum absolute atomic E-state index is 0.938. The highest BCUT2D eigenvalue weighted by atomic mass is 28.3. The van der Waals surface area contributed by atoms with Gasteiger partial charge in [0.25, 0.3) is 0 Å². The van der Waals surface area contributed by atoms with Gasteiger partial charge in [-0.3, -0.25) is 0 Å². The maximum Gasteiger partial charge on any atom is 0.335 e. The molecule has 0 aliphatic heterocycles. The van der Waals surface area contributed by atoms with E-state index in [-0.39, 0.29) is 0 Å². The van der Waals surface area contributed by atoms with Gasteiger partial charge in [0, 0.05) is 40.8 Å². The average Bonchev–Trinajstić information content (AvgIpc) is 2.46. The molecule has 20 heavy (non-hydrogen) atoms. The minimum atomic E-state index is -1.36. The van der Waals surface area contributed by atoms with E-state index in [0.717, 1.165) is 25.4 Å². The molecule has 0 heterocycles. The number of nitrogens with zero attached hydrogens (tertiary/aromatic N) is 2. The van der Waals surface area contributed by atoms with E-state index in [2.05, 4.69) is 23.6 Å². The van der Waals surface area contributed by atoms with Crippen molar-refractivity contribution >= 4 is 18.6 Å². The molecular weight excluding hydrogens is 292 g/mol. The van der Waals surface area contributed by atoms with Crippen LogP contribution in [0.15, 0.2) is 0 Å². The normalized spacial score (nSPS) is 11.4. The Hall–Kier alpha value is 0.194. The average molecular weight is 327 g/mol. The fraction of sp³-hybridized carbons (Fsp3) is 1.00. The SMILES string of the molecule is CCN(CC)C[SiH](OC)OC.CO[SiH](CN(C)C)OC. The summed E-state index contributed by atoms with van der Waals surface area (Å²) < 4.78 is 20.6. The van der Waals surface area contributed by atoms with E-state index < -0.39 is 18.6 Å². The summed E-state index contributed by atoms with van der Waals surface area (Å²) in [6, 6.07) is 0. The Balaban J connectivity index is 0. The van der Waals surface area contributed by atoms with Crippen LogP contribution < -0.4 is 0 Å². The molecule has 0 unspecified atom stereocenters. The molecule has 0 atom stereocenters. The fourth-order valence-electron chi connectivity index (χ4n) is 1.48. The van der Waals surface area contributed by atoms with Gasteiger partial charge in [-0.25, -0.2) is 0 Å². The zero-order valence-electron chi connectivity index (χ0n) is 14.5. The van der Waals surface area contributed by atoms with Gasteiger partial charge in [0.1, 0.15) is 0 Å². The number of rotatable bonds is 10. The molecule has 0 aliphatic carbocycles. The van der Waals surface area contributed by atoms with Crippen molar-refractivity contribution in [1.29, 1.82) is 0 Å². The molecule has 6 nitrogen and oxygen atoms in total. The van der Waals surface area contributed by atoms with E-state index in [1.165, 1.54) is 0 Å². The molecular formula is C12H34N2O4Si2. The summed E-state index contributed by atoms with van der Waals surface area (Å²) in [4.78, 5) is 4.40. The molecule has 0 saturated carbocycles. The summed E-state index contributed by atoms with van der Waals surface area (Å²) in [5.74, 6) is 0. The Labute approximate surface area is 128 Å². The van der Waals surface area contributed by atoms with Gasteiger partial charge in [-0.2, -0.15) is 0 Å². The molecule has 0 aromatic rings. The summed E-state index contributed by atoms with van der Waals surface area (Å²) in [5.41, 5.74) is 0. The van der Waals surface area contributed by atoms with Crippen molar-refractivity contribution in [3.05, 3.63) is 0 Å². The summed E-state index contributed by atoms with van der Waals surface area (Å²) in [7, 11) is 8.19. The van der Waals surface area contributed by atoms with Gasteiger partial charge in [0.05, 0.1) is 0 Å². The molecule has 0 rings (SSSR count). The van der Waals surface area contributed by atoms with E-state index >= 15 is 0 Å². The molecule has 0 aliphatic rings. The van der Waals surface area contributed by atoms with E-state index in [1.807, 2.05) is 14.1 Å². The Morgan fingerprint density at radius 1 is 0.700 bits per heavy atom. The van der Waals surface area contributed by atoms with Crippen LogP contribution in [-0.4, -0.2) is 96.3 Å². The van der Waals surface area contributed by atoms with Crippen molar-refractivity contribution in [2.24, 2.45) is 0 Å². The highest BCUT2D eigenvalue weighted by Crippen LogP contribution is 1.92. The molecule has 8 heteroatoms. The van der Waals surface area contributed by atoms with Crippen molar-refractivity contribution < 1.29 is 17.7 Å². The number of hydrogen-bond donors (Lipinski definition) is 0. The fourth-order valence-corrected chi connectivity index (χ4v) is 4.00. The van der Waals surface area contributed by atoms with Crippen LogP contribution in [0.5, 0.6) is 0 Å². The molecule has 0 amide bonds. The van der Waals surface area contributed by atoms with E-state index in [0.29, 0.717) is 0 Å². The van der Waals surface area contributed by atoms with E-state index in [9.17, 15) is 0 Å². The molecule has 0 N–H and O–H groups in total. The summed E-state index contributed by atoms with van der Waals surface area (Å²) in [6.07, 6.45) is 1.92. The summed E-state index contributed by atoms with van der Waals surface area (Å²) >= 11 is 0. The second-order valence-corrected chi connectivity index (χ2v) is 8.88. The lowest BCUT2D eigenvalue weighted by molar-refractivity contribution is 0.239. The lowest BCUT2D eigenvalue weighted by Crippen LogP contribution is -2.37. The van der Waals surface area contributed by atoms with Crippen LogP contribution >= 0.6 is 0 Å². The van der Waals surface area contributed by atoms with Gasteiger partial charge in [-0.05, 0) is 27.2 Å². The molecule has 0 bridgehead atoms. The Morgan fingerprint density at radius 3 is 1.25 bits per heavy atom.